The summed E-state index contributed by atoms with van der Waals surface area (Å²) in [6.07, 6.45) is 2.40. The van der Waals surface area contributed by atoms with Crippen molar-refractivity contribution in [1.82, 2.24) is 10.2 Å². The van der Waals surface area contributed by atoms with E-state index in [4.69, 9.17) is 11.6 Å². The summed E-state index contributed by atoms with van der Waals surface area (Å²) >= 11 is 8.28. The summed E-state index contributed by atoms with van der Waals surface area (Å²) in [5.41, 5.74) is 0.682. The van der Waals surface area contributed by atoms with Gasteiger partial charge in [0.2, 0.25) is 0 Å². The third kappa shape index (κ3) is 4.09. The quantitative estimate of drug-likeness (QED) is 0.777. The first-order valence-electron chi connectivity index (χ1n) is 7.07. The van der Waals surface area contributed by atoms with Crippen LogP contribution >= 0.6 is 34.2 Å². The zero-order valence-electron chi connectivity index (χ0n) is 11.7. The first-order valence-corrected chi connectivity index (χ1v) is 8.52. The van der Waals surface area contributed by atoms with Gasteiger partial charge < -0.3 is 10.2 Å². The van der Waals surface area contributed by atoms with Crippen molar-refractivity contribution in [2.45, 2.75) is 19.8 Å². The van der Waals surface area contributed by atoms with Crippen LogP contribution in [-0.2, 0) is 0 Å². The zero-order chi connectivity index (χ0) is 14.5. The minimum atomic E-state index is 0.0800. The van der Waals surface area contributed by atoms with Gasteiger partial charge in [-0.1, -0.05) is 11.6 Å². The van der Waals surface area contributed by atoms with E-state index in [0.717, 1.165) is 29.7 Å². The van der Waals surface area contributed by atoms with Gasteiger partial charge in [0.1, 0.15) is 0 Å². The number of hydrogen-bond acceptors (Lipinski definition) is 2. The maximum absolute atomic E-state index is 12.6. The lowest BCUT2D eigenvalue weighted by Crippen LogP contribution is -2.41. The molecule has 1 aliphatic heterocycles. The second-order valence-electron chi connectivity index (χ2n) is 5.19. The van der Waals surface area contributed by atoms with Crippen LogP contribution in [0.15, 0.2) is 18.2 Å². The van der Waals surface area contributed by atoms with Gasteiger partial charge in [-0.05, 0) is 79.6 Å². The molecule has 1 fully saturated rings. The lowest BCUT2D eigenvalue weighted by Gasteiger charge is -2.29. The molecule has 0 saturated carbocycles. The van der Waals surface area contributed by atoms with Crippen LogP contribution in [0.25, 0.3) is 0 Å². The summed E-state index contributed by atoms with van der Waals surface area (Å²) < 4.78 is 0.973. The van der Waals surface area contributed by atoms with Crippen LogP contribution in [0.3, 0.4) is 0 Å². The van der Waals surface area contributed by atoms with Crippen molar-refractivity contribution in [3.63, 3.8) is 0 Å². The van der Waals surface area contributed by atoms with E-state index in [0.29, 0.717) is 16.5 Å². The number of nitrogens with zero attached hydrogens (tertiary/aromatic N) is 1. The number of carbonyl (C=O) groups excluding carboxylic acids is 1. The Balaban J connectivity index is 2.05. The van der Waals surface area contributed by atoms with Crippen LogP contribution in [0.5, 0.6) is 0 Å². The Labute approximate surface area is 139 Å². The molecule has 1 heterocycles. The number of piperidine rings is 1. The standard InChI is InChI=1S/C15H20ClIN2O/c1-2-19(10-11-4-3-7-18-9-11)15(20)12-5-6-14(17)13(16)8-12/h5-6,8,11,18H,2-4,7,9-10H2,1H3. The predicted molar refractivity (Wildman–Crippen MR) is 91.3 cm³/mol. The molecule has 0 spiro atoms. The molecule has 1 N–H and O–H groups in total. The van der Waals surface area contributed by atoms with Crippen molar-refractivity contribution >= 4 is 40.1 Å². The monoisotopic (exact) mass is 406 g/mol. The molecule has 20 heavy (non-hydrogen) atoms. The molecular weight excluding hydrogens is 387 g/mol. The number of nitrogens with one attached hydrogen (secondary N) is 1. The molecule has 1 aromatic carbocycles. The Morgan fingerprint density at radius 1 is 1.55 bits per heavy atom. The minimum Gasteiger partial charge on any atom is -0.339 e. The smallest absolute Gasteiger partial charge is 0.253 e. The molecule has 5 heteroatoms. The van der Waals surface area contributed by atoms with Gasteiger partial charge >= 0.3 is 0 Å². The second kappa shape index (κ2) is 7.61. The number of amides is 1. The average Bonchev–Trinajstić information content (AvgIpc) is 2.48. The molecule has 1 aliphatic rings. The summed E-state index contributed by atoms with van der Waals surface area (Å²) in [4.78, 5) is 14.5. The van der Waals surface area contributed by atoms with Crippen molar-refractivity contribution in [2.75, 3.05) is 26.2 Å². The summed E-state index contributed by atoms with van der Waals surface area (Å²) in [5.74, 6) is 0.642. The lowest BCUT2D eigenvalue weighted by atomic mass is 9.99. The van der Waals surface area contributed by atoms with Crippen LogP contribution in [0.2, 0.25) is 5.02 Å². The molecule has 1 atom stereocenters. The predicted octanol–water partition coefficient (Wildman–Crippen LogP) is 3.41. The SMILES string of the molecule is CCN(CC1CCCNC1)C(=O)c1ccc(I)c(Cl)c1. The molecule has 3 nitrogen and oxygen atoms in total. The largest absolute Gasteiger partial charge is 0.339 e. The molecule has 2 rings (SSSR count). The lowest BCUT2D eigenvalue weighted by molar-refractivity contribution is 0.0729. The average molecular weight is 407 g/mol. The zero-order valence-corrected chi connectivity index (χ0v) is 14.6. The van der Waals surface area contributed by atoms with Gasteiger partial charge in [0, 0.05) is 22.2 Å². The Bertz CT molecular complexity index is 475. The van der Waals surface area contributed by atoms with Crippen LogP contribution in [0.1, 0.15) is 30.1 Å². The van der Waals surface area contributed by atoms with Gasteiger partial charge in [0.05, 0.1) is 5.02 Å². The van der Waals surface area contributed by atoms with Gasteiger partial charge in [-0.15, -0.1) is 0 Å². The van der Waals surface area contributed by atoms with E-state index in [1.807, 2.05) is 24.0 Å². The molecular formula is C15H20ClIN2O. The fourth-order valence-corrected chi connectivity index (χ4v) is 3.07. The Morgan fingerprint density at radius 3 is 2.95 bits per heavy atom. The third-order valence-corrected chi connectivity index (χ3v) is 5.29. The number of hydrogen-bond donors (Lipinski definition) is 1. The van der Waals surface area contributed by atoms with Crippen molar-refractivity contribution in [2.24, 2.45) is 5.92 Å². The highest BCUT2D eigenvalue weighted by molar-refractivity contribution is 14.1. The fourth-order valence-electron chi connectivity index (χ4n) is 2.56. The molecule has 0 aromatic heterocycles. The third-order valence-electron chi connectivity index (χ3n) is 3.71. The van der Waals surface area contributed by atoms with Crippen molar-refractivity contribution < 1.29 is 4.79 Å². The van der Waals surface area contributed by atoms with Crippen molar-refractivity contribution in [1.29, 1.82) is 0 Å². The highest BCUT2D eigenvalue weighted by Gasteiger charge is 2.21. The maximum Gasteiger partial charge on any atom is 0.253 e. The Hall–Kier alpha value is -0.330. The van der Waals surface area contributed by atoms with Gasteiger partial charge in [-0.25, -0.2) is 0 Å². The van der Waals surface area contributed by atoms with E-state index in [-0.39, 0.29) is 5.91 Å². The first kappa shape index (κ1) is 16.0. The van der Waals surface area contributed by atoms with Gasteiger partial charge in [-0.2, -0.15) is 0 Å². The number of halogens is 2. The molecule has 1 saturated heterocycles. The number of rotatable bonds is 4. The number of benzene rings is 1. The first-order chi connectivity index (χ1) is 9.61. The van der Waals surface area contributed by atoms with Crippen LogP contribution in [0.4, 0.5) is 0 Å². The fraction of sp³-hybridized carbons (Fsp3) is 0.533. The van der Waals surface area contributed by atoms with E-state index in [2.05, 4.69) is 27.9 Å². The molecule has 0 radical (unpaired) electrons. The summed E-state index contributed by atoms with van der Waals surface area (Å²) in [5, 5.41) is 4.04. The van der Waals surface area contributed by atoms with Crippen molar-refractivity contribution in [3.8, 4) is 0 Å². The van der Waals surface area contributed by atoms with E-state index < -0.39 is 0 Å². The van der Waals surface area contributed by atoms with E-state index in [1.54, 1.807) is 6.07 Å². The maximum atomic E-state index is 12.6. The van der Waals surface area contributed by atoms with Crippen LogP contribution in [0, 0.1) is 9.49 Å². The molecule has 0 bridgehead atoms. The summed E-state index contributed by atoms with van der Waals surface area (Å²) in [6.45, 7) is 5.70. The normalized spacial score (nSPS) is 18.9. The van der Waals surface area contributed by atoms with Gasteiger partial charge in [0.15, 0.2) is 0 Å². The Kier molecular flexibility index (Phi) is 6.11. The molecule has 0 aliphatic carbocycles. The summed E-state index contributed by atoms with van der Waals surface area (Å²) in [6, 6.07) is 5.53. The molecule has 1 aromatic rings. The molecule has 1 unspecified atom stereocenters. The summed E-state index contributed by atoms with van der Waals surface area (Å²) in [7, 11) is 0. The topological polar surface area (TPSA) is 32.3 Å². The van der Waals surface area contributed by atoms with Gasteiger partial charge in [0.25, 0.3) is 5.91 Å². The minimum absolute atomic E-state index is 0.0800. The van der Waals surface area contributed by atoms with Crippen molar-refractivity contribution in [3.05, 3.63) is 32.4 Å². The van der Waals surface area contributed by atoms with E-state index in [9.17, 15) is 4.79 Å². The van der Waals surface area contributed by atoms with Crippen LogP contribution < -0.4 is 5.32 Å². The second-order valence-corrected chi connectivity index (χ2v) is 6.75. The molecule has 110 valence electrons. The van der Waals surface area contributed by atoms with E-state index >= 15 is 0 Å². The molecule has 1 amide bonds. The van der Waals surface area contributed by atoms with Gasteiger partial charge in [-0.3, -0.25) is 4.79 Å². The number of carbonyl (C=O) groups is 1. The Morgan fingerprint density at radius 2 is 2.35 bits per heavy atom. The highest BCUT2D eigenvalue weighted by Crippen LogP contribution is 2.21. The van der Waals surface area contributed by atoms with E-state index in [1.165, 1.54) is 12.8 Å². The van der Waals surface area contributed by atoms with Crippen LogP contribution in [-0.4, -0.2) is 37.0 Å². The highest BCUT2D eigenvalue weighted by atomic mass is 127.